The van der Waals surface area contributed by atoms with E-state index in [4.69, 9.17) is 5.73 Å². The number of carbonyl (C=O) groups excluding carboxylic acids is 1. The molecule has 2 unspecified atom stereocenters. The fraction of sp³-hybridized carbons (Fsp3) is 0.889. The van der Waals surface area contributed by atoms with Gasteiger partial charge in [0.2, 0.25) is 0 Å². The number of hydrogen-bond donors (Lipinski definition) is 2. The second kappa shape index (κ2) is 5.24. The SMILES string of the molecule is NC1CCCCCC1NC(=O)C(F)F. The first-order valence-corrected chi connectivity index (χ1v) is 4.95. The maximum Gasteiger partial charge on any atom is 0.315 e. The largest absolute Gasteiger partial charge is 0.347 e. The lowest BCUT2D eigenvalue weighted by atomic mass is 10.0. The smallest absolute Gasteiger partial charge is 0.315 e. The first-order chi connectivity index (χ1) is 6.61. The van der Waals surface area contributed by atoms with Crippen LogP contribution in [0.4, 0.5) is 8.78 Å². The van der Waals surface area contributed by atoms with Gasteiger partial charge in [0.25, 0.3) is 5.91 Å². The fourth-order valence-corrected chi connectivity index (χ4v) is 1.76. The number of nitrogens with two attached hydrogens (primary N) is 1. The predicted octanol–water partition coefficient (Wildman–Crippen LogP) is 1.03. The third kappa shape index (κ3) is 3.21. The molecule has 0 heterocycles. The minimum Gasteiger partial charge on any atom is -0.347 e. The van der Waals surface area contributed by atoms with Gasteiger partial charge in [-0.3, -0.25) is 4.79 Å². The van der Waals surface area contributed by atoms with Crippen molar-refractivity contribution in [2.75, 3.05) is 0 Å². The van der Waals surface area contributed by atoms with E-state index < -0.39 is 12.3 Å². The lowest BCUT2D eigenvalue weighted by molar-refractivity contribution is -0.132. The molecule has 1 aliphatic rings. The molecule has 0 aliphatic heterocycles. The quantitative estimate of drug-likeness (QED) is 0.663. The van der Waals surface area contributed by atoms with Gasteiger partial charge in [-0.25, -0.2) is 0 Å². The second-order valence-corrected chi connectivity index (χ2v) is 3.72. The minimum absolute atomic E-state index is 0.180. The molecule has 1 fully saturated rings. The number of nitrogens with one attached hydrogen (secondary N) is 1. The van der Waals surface area contributed by atoms with E-state index in [0.29, 0.717) is 6.42 Å². The molecule has 0 saturated heterocycles. The Morgan fingerprint density at radius 3 is 2.57 bits per heavy atom. The van der Waals surface area contributed by atoms with Crippen LogP contribution in [0.3, 0.4) is 0 Å². The van der Waals surface area contributed by atoms with Gasteiger partial charge in [0.1, 0.15) is 0 Å². The number of carbonyl (C=O) groups is 1. The zero-order valence-electron chi connectivity index (χ0n) is 8.01. The molecule has 1 saturated carbocycles. The number of halogens is 2. The van der Waals surface area contributed by atoms with Gasteiger partial charge >= 0.3 is 6.43 Å². The van der Waals surface area contributed by atoms with Crippen molar-refractivity contribution in [3.8, 4) is 0 Å². The van der Waals surface area contributed by atoms with Crippen LogP contribution in [0.2, 0.25) is 0 Å². The Hall–Kier alpha value is -0.710. The molecule has 3 nitrogen and oxygen atoms in total. The van der Waals surface area contributed by atoms with E-state index in [0.717, 1.165) is 25.7 Å². The van der Waals surface area contributed by atoms with Gasteiger partial charge in [-0.05, 0) is 12.8 Å². The topological polar surface area (TPSA) is 55.1 Å². The number of rotatable bonds is 2. The maximum atomic E-state index is 12.0. The lowest BCUT2D eigenvalue weighted by Gasteiger charge is -2.22. The van der Waals surface area contributed by atoms with Crippen LogP contribution in [0.5, 0.6) is 0 Å². The maximum absolute atomic E-state index is 12.0. The van der Waals surface area contributed by atoms with E-state index in [1.54, 1.807) is 0 Å². The zero-order valence-corrected chi connectivity index (χ0v) is 8.01. The summed E-state index contributed by atoms with van der Waals surface area (Å²) in [6.45, 7) is 0. The average Bonchev–Trinajstić information content (AvgIpc) is 2.32. The Bertz CT molecular complexity index is 199. The van der Waals surface area contributed by atoms with E-state index in [1.165, 1.54) is 0 Å². The molecule has 1 amide bonds. The van der Waals surface area contributed by atoms with Gasteiger partial charge in [-0.2, -0.15) is 8.78 Å². The number of alkyl halides is 2. The normalized spacial score (nSPS) is 28.6. The Labute approximate surface area is 82.0 Å². The molecule has 0 radical (unpaired) electrons. The molecule has 2 atom stereocenters. The molecule has 82 valence electrons. The molecule has 0 aromatic heterocycles. The van der Waals surface area contributed by atoms with Crippen LogP contribution in [0.1, 0.15) is 32.1 Å². The first kappa shape index (κ1) is 11.4. The van der Waals surface area contributed by atoms with E-state index in [-0.39, 0.29) is 12.1 Å². The van der Waals surface area contributed by atoms with Crippen molar-refractivity contribution < 1.29 is 13.6 Å². The summed E-state index contributed by atoms with van der Waals surface area (Å²) in [5.74, 6) is -1.20. The highest BCUT2D eigenvalue weighted by Crippen LogP contribution is 2.16. The summed E-state index contributed by atoms with van der Waals surface area (Å²) in [5.41, 5.74) is 5.77. The van der Waals surface area contributed by atoms with Crippen molar-refractivity contribution in [3.05, 3.63) is 0 Å². The summed E-state index contributed by atoms with van der Waals surface area (Å²) < 4.78 is 23.9. The summed E-state index contributed by atoms with van der Waals surface area (Å²) in [7, 11) is 0. The molecule has 5 heteroatoms. The molecule has 14 heavy (non-hydrogen) atoms. The van der Waals surface area contributed by atoms with Gasteiger partial charge in [-0.15, -0.1) is 0 Å². The standard InChI is InChI=1S/C9H16F2N2O/c10-8(11)9(14)13-7-5-3-1-2-4-6(7)12/h6-8H,1-5,12H2,(H,13,14). The van der Waals surface area contributed by atoms with Gasteiger partial charge in [0, 0.05) is 12.1 Å². The van der Waals surface area contributed by atoms with Crippen molar-refractivity contribution in [2.24, 2.45) is 5.73 Å². The van der Waals surface area contributed by atoms with Crippen molar-refractivity contribution in [3.63, 3.8) is 0 Å². The first-order valence-electron chi connectivity index (χ1n) is 4.95. The van der Waals surface area contributed by atoms with Crippen LogP contribution < -0.4 is 11.1 Å². The van der Waals surface area contributed by atoms with Gasteiger partial charge in [0.05, 0.1) is 0 Å². The molecule has 0 aromatic carbocycles. The Balaban J connectivity index is 2.44. The molecular formula is C9H16F2N2O. The van der Waals surface area contributed by atoms with Gasteiger partial charge < -0.3 is 11.1 Å². The lowest BCUT2D eigenvalue weighted by Crippen LogP contribution is -2.48. The molecule has 0 spiro atoms. The minimum atomic E-state index is -2.94. The van der Waals surface area contributed by atoms with E-state index >= 15 is 0 Å². The van der Waals surface area contributed by atoms with E-state index in [9.17, 15) is 13.6 Å². The third-order valence-electron chi connectivity index (χ3n) is 2.60. The van der Waals surface area contributed by atoms with Gasteiger partial charge in [-0.1, -0.05) is 19.3 Å². The number of hydrogen-bond acceptors (Lipinski definition) is 2. The summed E-state index contributed by atoms with van der Waals surface area (Å²) >= 11 is 0. The van der Waals surface area contributed by atoms with Gasteiger partial charge in [0.15, 0.2) is 0 Å². The van der Waals surface area contributed by atoms with Crippen molar-refractivity contribution in [1.29, 1.82) is 0 Å². The van der Waals surface area contributed by atoms with Crippen molar-refractivity contribution in [1.82, 2.24) is 5.32 Å². The second-order valence-electron chi connectivity index (χ2n) is 3.72. The number of amides is 1. The van der Waals surface area contributed by atoms with Crippen LogP contribution in [-0.4, -0.2) is 24.4 Å². The summed E-state index contributed by atoms with van der Waals surface area (Å²) in [6, 6.07) is -0.459. The van der Waals surface area contributed by atoms with Crippen LogP contribution in [-0.2, 0) is 4.79 Å². The Morgan fingerprint density at radius 2 is 1.93 bits per heavy atom. The average molecular weight is 206 g/mol. The zero-order chi connectivity index (χ0) is 10.6. The molecule has 0 bridgehead atoms. The third-order valence-corrected chi connectivity index (χ3v) is 2.60. The molecule has 0 aromatic rings. The summed E-state index contributed by atoms with van der Waals surface area (Å²) in [6.07, 6.45) is 1.59. The molecule has 1 rings (SSSR count). The summed E-state index contributed by atoms with van der Waals surface area (Å²) in [4.78, 5) is 10.8. The van der Waals surface area contributed by atoms with Crippen molar-refractivity contribution >= 4 is 5.91 Å². The molecule has 1 aliphatic carbocycles. The van der Waals surface area contributed by atoms with Crippen LogP contribution >= 0.6 is 0 Å². The fourth-order valence-electron chi connectivity index (χ4n) is 1.76. The monoisotopic (exact) mass is 206 g/mol. The van der Waals surface area contributed by atoms with Crippen molar-refractivity contribution in [2.45, 2.75) is 50.6 Å². The van der Waals surface area contributed by atoms with Crippen LogP contribution in [0.15, 0.2) is 0 Å². The highest BCUT2D eigenvalue weighted by molar-refractivity contribution is 5.79. The van der Waals surface area contributed by atoms with Crippen LogP contribution in [0, 0.1) is 0 Å². The van der Waals surface area contributed by atoms with E-state index in [2.05, 4.69) is 5.32 Å². The predicted molar refractivity (Wildman–Crippen MR) is 49.0 cm³/mol. The van der Waals surface area contributed by atoms with Crippen LogP contribution in [0.25, 0.3) is 0 Å². The highest BCUT2D eigenvalue weighted by atomic mass is 19.3. The highest BCUT2D eigenvalue weighted by Gasteiger charge is 2.25. The molecule has 3 N–H and O–H groups in total. The molecular weight excluding hydrogens is 190 g/mol. The summed E-state index contributed by atoms with van der Waals surface area (Å²) in [5, 5.41) is 2.29. The van der Waals surface area contributed by atoms with E-state index in [1.807, 2.05) is 0 Å². The Morgan fingerprint density at radius 1 is 1.29 bits per heavy atom. The Kier molecular flexibility index (Phi) is 4.25.